The molecule has 2 aromatic rings. The Balaban J connectivity index is 2.23. The van der Waals surface area contributed by atoms with E-state index in [-0.39, 0.29) is 11.0 Å². The van der Waals surface area contributed by atoms with Gasteiger partial charge in [0.1, 0.15) is 5.69 Å². The van der Waals surface area contributed by atoms with Crippen LogP contribution in [-0.4, -0.2) is 33.0 Å². The molecule has 1 N–H and O–H groups in total. The molecule has 4 nitrogen and oxygen atoms in total. The number of esters is 1. The van der Waals surface area contributed by atoms with Crippen LogP contribution in [0.1, 0.15) is 43.2 Å². The molecule has 1 aromatic heterocycles. The Hall–Kier alpha value is -0.823. The van der Waals surface area contributed by atoms with Crippen molar-refractivity contribution in [2.24, 2.45) is 0 Å². The van der Waals surface area contributed by atoms with Gasteiger partial charge in [0.15, 0.2) is 8.32 Å². The first-order valence-corrected chi connectivity index (χ1v) is 12.8. The highest BCUT2D eigenvalue weighted by molar-refractivity contribution is 9.10. The molecule has 0 atom stereocenters. The van der Waals surface area contributed by atoms with E-state index in [4.69, 9.17) is 20.8 Å². The number of nitrogens with one attached hydrogen (secondary N) is 1. The average molecular weight is 461 g/mol. The van der Waals surface area contributed by atoms with Crippen molar-refractivity contribution in [3.63, 3.8) is 0 Å². The van der Waals surface area contributed by atoms with Crippen molar-refractivity contribution in [1.82, 2.24) is 4.98 Å². The first-order valence-electron chi connectivity index (χ1n) is 8.70. The lowest BCUT2D eigenvalue weighted by atomic mass is 10.1. The third kappa shape index (κ3) is 4.35. The Morgan fingerprint density at radius 1 is 1.31 bits per heavy atom. The number of hydrogen-bond donors (Lipinski definition) is 1. The molecule has 144 valence electrons. The summed E-state index contributed by atoms with van der Waals surface area (Å²) in [7, 11) is -0.375. The van der Waals surface area contributed by atoms with E-state index >= 15 is 0 Å². The summed E-state index contributed by atoms with van der Waals surface area (Å²) in [6, 6.07) is 3.77. The summed E-state index contributed by atoms with van der Waals surface area (Å²) >= 11 is 9.68. The second-order valence-corrected chi connectivity index (χ2v) is 14.0. The number of ether oxygens (including phenoxy) is 1. The number of aromatic amines is 1. The fourth-order valence-electron chi connectivity index (χ4n) is 2.59. The minimum absolute atomic E-state index is 0.187. The van der Waals surface area contributed by atoms with Gasteiger partial charge in [-0.05, 0) is 58.5 Å². The zero-order valence-corrected chi connectivity index (χ0v) is 19.6. The van der Waals surface area contributed by atoms with E-state index in [0.717, 1.165) is 33.8 Å². The molecule has 0 saturated heterocycles. The van der Waals surface area contributed by atoms with Gasteiger partial charge in [0, 0.05) is 12.0 Å². The zero-order valence-electron chi connectivity index (χ0n) is 16.3. The van der Waals surface area contributed by atoms with E-state index < -0.39 is 8.32 Å². The van der Waals surface area contributed by atoms with Crippen LogP contribution in [0.3, 0.4) is 0 Å². The normalized spacial score (nSPS) is 12.6. The third-order valence-electron chi connectivity index (χ3n) is 5.20. The summed E-state index contributed by atoms with van der Waals surface area (Å²) in [4.78, 5) is 15.4. The van der Waals surface area contributed by atoms with Crippen molar-refractivity contribution in [3.8, 4) is 0 Å². The molecule has 26 heavy (non-hydrogen) atoms. The molecular formula is C19H27BrClNO3Si. The van der Waals surface area contributed by atoms with Crippen molar-refractivity contribution >= 4 is 52.7 Å². The van der Waals surface area contributed by atoms with Crippen LogP contribution in [0.2, 0.25) is 23.2 Å². The van der Waals surface area contributed by atoms with E-state index in [2.05, 4.69) is 54.8 Å². The maximum atomic E-state index is 12.2. The van der Waals surface area contributed by atoms with E-state index in [0.29, 0.717) is 17.3 Å². The Bertz CT molecular complexity index is 811. The van der Waals surface area contributed by atoms with Crippen LogP contribution >= 0.6 is 27.5 Å². The minimum Gasteiger partial charge on any atom is -0.464 e. The minimum atomic E-state index is -1.76. The third-order valence-corrected chi connectivity index (χ3v) is 11.1. The summed E-state index contributed by atoms with van der Waals surface area (Å²) in [6.45, 7) is 11.9. The fraction of sp³-hybridized carbons (Fsp3) is 0.526. The van der Waals surface area contributed by atoms with Gasteiger partial charge in [-0.1, -0.05) is 38.4 Å². The Kier molecular flexibility index (Phi) is 6.65. The smallest absolute Gasteiger partial charge is 0.354 e. The van der Waals surface area contributed by atoms with Crippen molar-refractivity contribution in [3.05, 3.63) is 32.9 Å². The second-order valence-electron chi connectivity index (χ2n) is 7.97. The number of carbonyl (C=O) groups is 1. The molecule has 0 aliphatic heterocycles. The number of hydrogen-bond acceptors (Lipinski definition) is 3. The molecule has 0 fully saturated rings. The van der Waals surface area contributed by atoms with Crippen LogP contribution in [0.5, 0.6) is 0 Å². The van der Waals surface area contributed by atoms with Gasteiger partial charge in [0.25, 0.3) is 0 Å². The summed E-state index contributed by atoms with van der Waals surface area (Å²) in [6.07, 6.45) is 1.57. The van der Waals surface area contributed by atoms with Crippen molar-refractivity contribution in [2.75, 3.05) is 13.7 Å². The number of H-pyrrole nitrogens is 1. The SMILES string of the molecule is COC(=O)c1[nH]c2c(Br)c(Cl)ccc2c1CCCO[Si](C)(C)C(C)(C)C. The van der Waals surface area contributed by atoms with Gasteiger partial charge in [0.05, 0.1) is 22.1 Å². The first kappa shape index (κ1) is 21.5. The van der Waals surface area contributed by atoms with Crippen LogP contribution in [0.4, 0.5) is 0 Å². The number of aryl methyl sites for hydroxylation is 1. The Labute approximate surface area is 169 Å². The van der Waals surface area contributed by atoms with Gasteiger partial charge in [-0.25, -0.2) is 4.79 Å². The number of fused-ring (bicyclic) bond motifs is 1. The van der Waals surface area contributed by atoms with Crippen LogP contribution < -0.4 is 0 Å². The largest absolute Gasteiger partial charge is 0.464 e. The van der Waals surface area contributed by atoms with Crippen LogP contribution in [0, 0.1) is 0 Å². The van der Waals surface area contributed by atoms with Crippen LogP contribution in [-0.2, 0) is 15.6 Å². The molecule has 0 spiro atoms. The van der Waals surface area contributed by atoms with Crippen molar-refractivity contribution in [2.45, 2.75) is 51.7 Å². The Morgan fingerprint density at radius 2 is 1.96 bits per heavy atom. The maximum absolute atomic E-state index is 12.2. The highest BCUT2D eigenvalue weighted by atomic mass is 79.9. The number of halogens is 2. The van der Waals surface area contributed by atoms with Crippen molar-refractivity contribution in [1.29, 1.82) is 0 Å². The zero-order chi connectivity index (χ0) is 19.7. The van der Waals surface area contributed by atoms with E-state index in [9.17, 15) is 4.79 Å². The highest BCUT2D eigenvalue weighted by Gasteiger charge is 2.36. The monoisotopic (exact) mass is 459 g/mol. The van der Waals surface area contributed by atoms with Crippen LogP contribution in [0.25, 0.3) is 10.9 Å². The van der Waals surface area contributed by atoms with Gasteiger partial charge in [-0.15, -0.1) is 0 Å². The molecule has 1 aromatic carbocycles. The molecule has 0 amide bonds. The van der Waals surface area contributed by atoms with Crippen LogP contribution in [0.15, 0.2) is 16.6 Å². The standard InChI is InChI=1S/C19H27BrClNO3Si/c1-19(2,3)26(5,6)25-11-7-8-12-13-9-10-14(21)15(20)16(13)22-17(12)18(23)24-4/h9-10,22H,7-8,11H2,1-6H3. The second kappa shape index (κ2) is 8.05. The average Bonchev–Trinajstić information content (AvgIpc) is 2.92. The van der Waals surface area contributed by atoms with Crippen molar-refractivity contribution < 1.29 is 14.0 Å². The van der Waals surface area contributed by atoms with Gasteiger partial charge in [-0.3, -0.25) is 0 Å². The topological polar surface area (TPSA) is 51.3 Å². The summed E-state index contributed by atoms with van der Waals surface area (Å²) in [5.41, 5.74) is 2.25. The van der Waals surface area contributed by atoms with Gasteiger partial charge >= 0.3 is 5.97 Å². The molecule has 2 rings (SSSR count). The predicted octanol–water partition coefficient (Wildman–Crippen LogP) is 6.32. The number of methoxy groups -OCH3 is 1. The van der Waals surface area contributed by atoms with E-state index in [1.807, 2.05) is 12.1 Å². The lowest BCUT2D eigenvalue weighted by Gasteiger charge is -2.36. The molecule has 1 heterocycles. The lowest BCUT2D eigenvalue weighted by molar-refractivity contribution is 0.0593. The first-order chi connectivity index (χ1) is 12.0. The number of carbonyl (C=O) groups excluding carboxylic acids is 1. The molecule has 0 saturated carbocycles. The number of benzene rings is 1. The summed E-state index contributed by atoms with van der Waals surface area (Å²) < 4.78 is 12.0. The molecule has 0 unspecified atom stereocenters. The van der Waals surface area contributed by atoms with Gasteiger partial charge in [0.2, 0.25) is 0 Å². The Morgan fingerprint density at radius 3 is 2.54 bits per heavy atom. The predicted molar refractivity (Wildman–Crippen MR) is 114 cm³/mol. The molecule has 0 aliphatic rings. The van der Waals surface area contributed by atoms with Gasteiger partial charge in [-0.2, -0.15) is 0 Å². The molecule has 0 radical (unpaired) electrons. The number of aromatic nitrogens is 1. The van der Waals surface area contributed by atoms with E-state index in [1.54, 1.807) is 0 Å². The summed E-state index contributed by atoms with van der Waals surface area (Å²) in [5.74, 6) is -0.371. The molecular weight excluding hydrogens is 434 g/mol. The fourth-order valence-corrected chi connectivity index (χ4v) is 4.28. The summed E-state index contributed by atoms with van der Waals surface area (Å²) in [5, 5.41) is 1.77. The molecule has 0 aliphatic carbocycles. The lowest BCUT2D eigenvalue weighted by Crippen LogP contribution is -2.41. The van der Waals surface area contributed by atoms with E-state index in [1.165, 1.54) is 7.11 Å². The maximum Gasteiger partial charge on any atom is 0.354 e. The highest BCUT2D eigenvalue weighted by Crippen LogP contribution is 2.37. The molecule has 0 bridgehead atoms. The molecule has 7 heteroatoms. The number of rotatable bonds is 6. The van der Waals surface area contributed by atoms with Gasteiger partial charge < -0.3 is 14.1 Å². The quantitative estimate of drug-likeness (QED) is 0.311.